The molecular weight excluding hydrogens is 246 g/mol. The third-order valence-corrected chi connectivity index (χ3v) is 2.66. The quantitative estimate of drug-likeness (QED) is 0.866. The molecule has 19 heavy (non-hydrogen) atoms. The fraction of sp³-hybridized carbons (Fsp3) is 0.154. The molecule has 1 aromatic heterocycles. The van der Waals surface area contributed by atoms with E-state index in [1.807, 2.05) is 0 Å². The van der Waals surface area contributed by atoms with Crippen LogP contribution in [0.25, 0.3) is 0 Å². The van der Waals surface area contributed by atoms with Crippen molar-refractivity contribution in [3.05, 3.63) is 48.0 Å². The lowest BCUT2D eigenvalue weighted by Gasteiger charge is -2.09. The minimum absolute atomic E-state index is 0.137. The molecule has 0 saturated heterocycles. The zero-order valence-corrected chi connectivity index (χ0v) is 10.3. The number of aliphatic carboxylic acids is 1. The summed E-state index contributed by atoms with van der Waals surface area (Å²) < 4.78 is 1.59. The van der Waals surface area contributed by atoms with Gasteiger partial charge in [-0.25, -0.2) is 4.98 Å². The minimum atomic E-state index is -0.942. The minimum Gasteiger partial charge on any atom is -0.481 e. The van der Waals surface area contributed by atoms with Gasteiger partial charge in [0.1, 0.15) is 5.69 Å². The lowest BCUT2D eigenvalue weighted by atomic mass is 10.1. The number of anilines is 1. The summed E-state index contributed by atoms with van der Waals surface area (Å²) in [5.74, 6) is -1.26. The monoisotopic (exact) mass is 259 g/mol. The van der Waals surface area contributed by atoms with E-state index in [0.29, 0.717) is 16.9 Å². The van der Waals surface area contributed by atoms with Gasteiger partial charge < -0.3 is 15.0 Å². The fourth-order valence-corrected chi connectivity index (χ4v) is 1.72. The number of imidazole rings is 1. The number of para-hydroxylation sites is 1. The molecule has 6 nitrogen and oxygen atoms in total. The van der Waals surface area contributed by atoms with E-state index in [1.165, 1.54) is 12.5 Å². The molecule has 2 N–H and O–H groups in total. The summed E-state index contributed by atoms with van der Waals surface area (Å²) in [6.07, 6.45) is 2.84. The average Bonchev–Trinajstić information content (AvgIpc) is 2.77. The van der Waals surface area contributed by atoms with Crippen LogP contribution in [-0.4, -0.2) is 26.5 Å². The number of amides is 1. The summed E-state index contributed by atoms with van der Waals surface area (Å²) in [7, 11) is 1.71. The number of carbonyl (C=O) groups is 2. The average molecular weight is 259 g/mol. The Hall–Kier alpha value is -2.63. The molecule has 2 aromatic rings. The Morgan fingerprint density at radius 1 is 1.37 bits per heavy atom. The van der Waals surface area contributed by atoms with Gasteiger partial charge in [0.2, 0.25) is 0 Å². The highest BCUT2D eigenvalue weighted by atomic mass is 16.4. The molecule has 98 valence electrons. The first-order valence-corrected chi connectivity index (χ1v) is 5.65. The van der Waals surface area contributed by atoms with Gasteiger partial charge in [0, 0.05) is 12.7 Å². The molecular formula is C13H13N3O3. The Balaban J connectivity index is 2.22. The van der Waals surface area contributed by atoms with E-state index in [9.17, 15) is 9.59 Å². The largest absolute Gasteiger partial charge is 0.481 e. The number of carbonyl (C=O) groups excluding carboxylic acids is 1. The molecule has 0 aliphatic heterocycles. The number of rotatable bonds is 4. The van der Waals surface area contributed by atoms with E-state index < -0.39 is 5.97 Å². The summed E-state index contributed by atoms with van der Waals surface area (Å²) in [5.41, 5.74) is 1.46. The smallest absolute Gasteiger partial charge is 0.307 e. The van der Waals surface area contributed by atoms with Crippen LogP contribution in [0.2, 0.25) is 0 Å². The second kappa shape index (κ2) is 5.34. The standard InChI is InChI=1S/C13H13N3O3/c1-16-8-14-7-11(16)13(19)15-10-5-3-2-4-9(10)6-12(17)18/h2-5,7-8H,6H2,1H3,(H,15,19)(H,17,18). The van der Waals surface area contributed by atoms with Gasteiger partial charge in [-0.3, -0.25) is 9.59 Å². The van der Waals surface area contributed by atoms with Crippen LogP contribution < -0.4 is 5.32 Å². The molecule has 0 radical (unpaired) electrons. The van der Waals surface area contributed by atoms with Gasteiger partial charge in [-0.2, -0.15) is 0 Å². The van der Waals surface area contributed by atoms with Crippen LogP contribution in [0.1, 0.15) is 16.1 Å². The lowest BCUT2D eigenvalue weighted by molar-refractivity contribution is -0.136. The van der Waals surface area contributed by atoms with Crippen LogP contribution in [0.4, 0.5) is 5.69 Å². The normalized spacial score (nSPS) is 10.2. The summed E-state index contributed by atoms with van der Waals surface area (Å²) in [5, 5.41) is 11.5. The van der Waals surface area contributed by atoms with E-state index in [0.717, 1.165) is 0 Å². The number of nitrogens with one attached hydrogen (secondary N) is 1. The lowest BCUT2D eigenvalue weighted by Crippen LogP contribution is -2.17. The summed E-state index contributed by atoms with van der Waals surface area (Å²) >= 11 is 0. The van der Waals surface area contributed by atoms with Crippen LogP contribution in [0.3, 0.4) is 0 Å². The second-order valence-electron chi connectivity index (χ2n) is 4.07. The van der Waals surface area contributed by atoms with Gasteiger partial charge in [-0.05, 0) is 11.6 Å². The maximum atomic E-state index is 12.0. The molecule has 0 aliphatic rings. The van der Waals surface area contributed by atoms with Crippen molar-refractivity contribution < 1.29 is 14.7 Å². The number of carboxylic acids is 1. The molecule has 6 heteroatoms. The van der Waals surface area contributed by atoms with Crippen molar-refractivity contribution >= 4 is 17.6 Å². The van der Waals surface area contributed by atoms with Gasteiger partial charge in [0.15, 0.2) is 0 Å². The molecule has 0 bridgehead atoms. The molecule has 0 spiro atoms. The highest BCUT2D eigenvalue weighted by Crippen LogP contribution is 2.16. The highest BCUT2D eigenvalue weighted by molar-refractivity contribution is 6.03. The van der Waals surface area contributed by atoms with Crippen molar-refractivity contribution in [2.75, 3.05) is 5.32 Å². The zero-order valence-electron chi connectivity index (χ0n) is 10.3. The molecule has 1 aromatic carbocycles. The van der Waals surface area contributed by atoms with E-state index in [4.69, 9.17) is 5.11 Å². The number of aromatic nitrogens is 2. The van der Waals surface area contributed by atoms with Gasteiger partial charge in [0.05, 0.1) is 18.9 Å². The van der Waals surface area contributed by atoms with Gasteiger partial charge in [-0.15, -0.1) is 0 Å². The summed E-state index contributed by atoms with van der Waals surface area (Å²) in [6.45, 7) is 0. The molecule has 0 fully saturated rings. The van der Waals surface area contributed by atoms with Crippen LogP contribution >= 0.6 is 0 Å². The van der Waals surface area contributed by atoms with E-state index in [2.05, 4.69) is 10.3 Å². The maximum absolute atomic E-state index is 12.0. The SMILES string of the molecule is Cn1cncc1C(=O)Nc1ccccc1CC(=O)O. The number of hydrogen-bond donors (Lipinski definition) is 2. The van der Waals surface area contributed by atoms with E-state index in [1.54, 1.807) is 35.9 Å². The molecule has 0 aliphatic carbocycles. The number of benzene rings is 1. The van der Waals surface area contributed by atoms with Crippen LogP contribution in [0.5, 0.6) is 0 Å². The Bertz CT molecular complexity index is 619. The highest BCUT2D eigenvalue weighted by Gasteiger charge is 2.13. The Morgan fingerprint density at radius 3 is 2.74 bits per heavy atom. The molecule has 0 saturated carbocycles. The maximum Gasteiger partial charge on any atom is 0.307 e. The first kappa shape index (κ1) is 12.8. The molecule has 0 unspecified atom stereocenters. The molecule has 1 amide bonds. The summed E-state index contributed by atoms with van der Waals surface area (Å²) in [4.78, 5) is 26.6. The number of aryl methyl sites for hydroxylation is 1. The third kappa shape index (κ3) is 2.98. The summed E-state index contributed by atoms with van der Waals surface area (Å²) in [6, 6.07) is 6.82. The number of hydrogen-bond acceptors (Lipinski definition) is 3. The predicted octanol–water partition coefficient (Wildman–Crippen LogP) is 1.30. The second-order valence-corrected chi connectivity index (χ2v) is 4.07. The van der Waals surface area contributed by atoms with Gasteiger partial charge in [-0.1, -0.05) is 18.2 Å². The van der Waals surface area contributed by atoms with Gasteiger partial charge >= 0.3 is 5.97 Å². The number of nitrogens with zero attached hydrogens (tertiary/aromatic N) is 2. The number of carboxylic acid groups (broad SMARTS) is 1. The van der Waals surface area contributed by atoms with Crippen LogP contribution in [0, 0.1) is 0 Å². The Kier molecular flexibility index (Phi) is 3.61. The molecule has 1 heterocycles. The topological polar surface area (TPSA) is 84.2 Å². The zero-order chi connectivity index (χ0) is 13.8. The third-order valence-electron chi connectivity index (χ3n) is 2.66. The Morgan fingerprint density at radius 2 is 2.11 bits per heavy atom. The van der Waals surface area contributed by atoms with Crippen LogP contribution in [0.15, 0.2) is 36.8 Å². The molecule has 2 rings (SSSR count). The first-order valence-electron chi connectivity index (χ1n) is 5.65. The van der Waals surface area contributed by atoms with Gasteiger partial charge in [0.25, 0.3) is 5.91 Å². The Labute approximate surface area is 109 Å². The van der Waals surface area contributed by atoms with Crippen molar-refractivity contribution in [3.63, 3.8) is 0 Å². The first-order chi connectivity index (χ1) is 9.08. The van der Waals surface area contributed by atoms with Crippen LogP contribution in [-0.2, 0) is 18.3 Å². The van der Waals surface area contributed by atoms with Crippen molar-refractivity contribution in [2.24, 2.45) is 7.05 Å². The van der Waals surface area contributed by atoms with E-state index in [-0.39, 0.29) is 12.3 Å². The van der Waals surface area contributed by atoms with Crippen molar-refractivity contribution in [1.29, 1.82) is 0 Å². The molecule has 0 atom stereocenters. The van der Waals surface area contributed by atoms with E-state index >= 15 is 0 Å². The van der Waals surface area contributed by atoms with Crippen molar-refractivity contribution in [1.82, 2.24) is 9.55 Å². The van der Waals surface area contributed by atoms with Crippen molar-refractivity contribution in [3.8, 4) is 0 Å². The van der Waals surface area contributed by atoms with Crippen molar-refractivity contribution in [2.45, 2.75) is 6.42 Å². The predicted molar refractivity (Wildman–Crippen MR) is 68.9 cm³/mol. The fourth-order valence-electron chi connectivity index (χ4n) is 1.72.